The third-order valence-corrected chi connectivity index (χ3v) is 5.82. The standard InChI is InChI=1S/C19H19ClO6S/c1-13-3-6-15(7-4-13)27(23,24)10-9-19(22)26-12-17(21)14-5-8-18(25-2)16(20)11-14/h3-8,11H,9-10,12H2,1-2H3. The van der Waals surface area contributed by atoms with Crippen molar-refractivity contribution in [1.29, 1.82) is 0 Å². The van der Waals surface area contributed by atoms with Crippen LogP contribution >= 0.6 is 11.6 Å². The van der Waals surface area contributed by atoms with Crippen molar-refractivity contribution in [2.75, 3.05) is 19.5 Å². The lowest BCUT2D eigenvalue weighted by Crippen LogP contribution is -2.17. The number of esters is 1. The van der Waals surface area contributed by atoms with Gasteiger partial charge in [-0.05, 0) is 37.3 Å². The Morgan fingerprint density at radius 3 is 2.33 bits per heavy atom. The number of carbonyl (C=O) groups is 2. The Morgan fingerprint density at radius 1 is 1.07 bits per heavy atom. The number of Topliss-reactive ketones (excluding diaryl/α,β-unsaturated/α-hetero) is 1. The first-order chi connectivity index (χ1) is 12.7. The van der Waals surface area contributed by atoms with Gasteiger partial charge in [0.2, 0.25) is 0 Å². The van der Waals surface area contributed by atoms with Crippen LogP contribution in [-0.4, -0.2) is 39.6 Å². The van der Waals surface area contributed by atoms with Crippen LogP contribution in [-0.2, 0) is 19.4 Å². The maximum atomic E-state index is 12.2. The number of aryl methyl sites for hydroxylation is 1. The molecule has 0 saturated heterocycles. The summed E-state index contributed by atoms with van der Waals surface area (Å²) in [6.45, 7) is 1.35. The van der Waals surface area contributed by atoms with Crippen molar-refractivity contribution in [3.05, 3.63) is 58.6 Å². The lowest BCUT2D eigenvalue weighted by atomic mass is 10.1. The van der Waals surface area contributed by atoms with Crippen molar-refractivity contribution in [1.82, 2.24) is 0 Å². The molecule has 6 nitrogen and oxygen atoms in total. The highest BCUT2D eigenvalue weighted by atomic mass is 35.5. The fourth-order valence-electron chi connectivity index (χ4n) is 2.22. The van der Waals surface area contributed by atoms with Crippen molar-refractivity contribution >= 4 is 33.2 Å². The van der Waals surface area contributed by atoms with E-state index in [4.69, 9.17) is 21.1 Å². The van der Waals surface area contributed by atoms with E-state index in [0.717, 1.165) is 5.56 Å². The van der Waals surface area contributed by atoms with Gasteiger partial charge in [-0.1, -0.05) is 29.3 Å². The molecule has 0 spiro atoms. The summed E-state index contributed by atoms with van der Waals surface area (Å²) in [7, 11) is -2.14. The molecule has 0 radical (unpaired) electrons. The molecule has 2 rings (SSSR count). The third-order valence-electron chi connectivity index (χ3n) is 3.79. The normalized spacial score (nSPS) is 11.1. The Morgan fingerprint density at radius 2 is 1.74 bits per heavy atom. The summed E-state index contributed by atoms with van der Waals surface area (Å²) in [5.74, 6) is -1.18. The minimum atomic E-state index is -3.59. The first kappa shape index (κ1) is 20.9. The van der Waals surface area contributed by atoms with Gasteiger partial charge in [-0.15, -0.1) is 0 Å². The molecule has 27 heavy (non-hydrogen) atoms. The van der Waals surface area contributed by atoms with Gasteiger partial charge in [-0.25, -0.2) is 8.42 Å². The molecule has 0 aliphatic rings. The number of carbonyl (C=O) groups excluding carboxylic acids is 2. The van der Waals surface area contributed by atoms with Crippen molar-refractivity contribution in [3.8, 4) is 5.75 Å². The van der Waals surface area contributed by atoms with Crippen LogP contribution in [0.15, 0.2) is 47.4 Å². The zero-order valence-electron chi connectivity index (χ0n) is 14.9. The summed E-state index contributed by atoms with van der Waals surface area (Å²) in [6, 6.07) is 10.8. The second-order valence-corrected chi connectivity index (χ2v) is 8.33. The molecule has 0 heterocycles. The van der Waals surface area contributed by atoms with Crippen LogP contribution in [0.4, 0.5) is 0 Å². The summed E-state index contributed by atoms with van der Waals surface area (Å²) in [6.07, 6.45) is -0.340. The SMILES string of the molecule is COc1ccc(C(=O)COC(=O)CCS(=O)(=O)c2ccc(C)cc2)cc1Cl. The Kier molecular flexibility index (Phi) is 6.98. The molecule has 0 aliphatic carbocycles. The Bertz CT molecular complexity index is 935. The molecule has 0 aliphatic heterocycles. The van der Waals surface area contributed by atoms with Crippen LogP contribution < -0.4 is 4.74 Å². The summed E-state index contributed by atoms with van der Waals surface area (Å²) in [4.78, 5) is 24.0. The predicted molar refractivity (Wildman–Crippen MR) is 101 cm³/mol. The van der Waals surface area contributed by atoms with E-state index in [1.54, 1.807) is 12.1 Å². The Labute approximate surface area is 163 Å². The molecule has 0 saturated carbocycles. The summed E-state index contributed by atoms with van der Waals surface area (Å²) >= 11 is 5.95. The summed E-state index contributed by atoms with van der Waals surface area (Å²) in [5, 5.41) is 0.263. The van der Waals surface area contributed by atoms with Gasteiger partial charge in [-0.3, -0.25) is 9.59 Å². The molecule has 144 valence electrons. The van der Waals surface area contributed by atoms with E-state index < -0.39 is 33.9 Å². The van der Waals surface area contributed by atoms with Crippen molar-refractivity contribution < 1.29 is 27.5 Å². The molecule has 8 heteroatoms. The topological polar surface area (TPSA) is 86.7 Å². The summed E-state index contributed by atoms with van der Waals surface area (Å²) < 4.78 is 34.3. The van der Waals surface area contributed by atoms with Gasteiger partial charge in [0.05, 0.1) is 29.2 Å². The van der Waals surface area contributed by atoms with Crippen LogP contribution in [0.3, 0.4) is 0 Å². The first-order valence-corrected chi connectivity index (χ1v) is 10.1. The van der Waals surface area contributed by atoms with Gasteiger partial charge < -0.3 is 9.47 Å². The molecular weight excluding hydrogens is 392 g/mol. The van der Waals surface area contributed by atoms with Crippen molar-refractivity contribution in [2.45, 2.75) is 18.2 Å². The largest absolute Gasteiger partial charge is 0.495 e. The number of methoxy groups -OCH3 is 1. The summed E-state index contributed by atoms with van der Waals surface area (Å²) in [5.41, 5.74) is 1.20. The maximum absolute atomic E-state index is 12.2. The van der Waals surface area contributed by atoms with Gasteiger partial charge >= 0.3 is 5.97 Å². The average Bonchev–Trinajstić information content (AvgIpc) is 2.64. The fourth-order valence-corrected chi connectivity index (χ4v) is 3.70. The Balaban J connectivity index is 1.88. The molecule has 0 unspecified atom stereocenters. The number of rotatable bonds is 8. The molecular formula is C19H19ClO6S. The van der Waals surface area contributed by atoms with E-state index in [9.17, 15) is 18.0 Å². The number of ether oxygens (including phenoxy) is 2. The highest BCUT2D eigenvalue weighted by Gasteiger charge is 2.18. The van der Waals surface area contributed by atoms with E-state index in [-0.39, 0.29) is 21.9 Å². The van der Waals surface area contributed by atoms with E-state index in [0.29, 0.717) is 5.75 Å². The number of hydrogen-bond donors (Lipinski definition) is 0. The second-order valence-electron chi connectivity index (χ2n) is 5.82. The van der Waals surface area contributed by atoms with Gasteiger partial charge in [-0.2, -0.15) is 0 Å². The smallest absolute Gasteiger partial charge is 0.307 e. The van der Waals surface area contributed by atoms with Crippen LogP contribution in [0.25, 0.3) is 0 Å². The lowest BCUT2D eigenvalue weighted by Gasteiger charge is -2.07. The third kappa shape index (κ3) is 5.80. The van der Waals surface area contributed by atoms with Gasteiger partial charge in [0.1, 0.15) is 5.75 Å². The van der Waals surface area contributed by atoms with Crippen LogP contribution in [0.5, 0.6) is 5.75 Å². The monoisotopic (exact) mass is 410 g/mol. The first-order valence-electron chi connectivity index (χ1n) is 8.05. The number of halogens is 1. The lowest BCUT2D eigenvalue weighted by molar-refractivity contribution is -0.142. The fraction of sp³-hybridized carbons (Fsp3) is 0.263. The molecule has 0 bridgehead atoms. The molecule has 0 fully saturated rings. The molecule has 0 amide bonds. The zero-order valence-corrected chi connectivity index (χ0v) is 16.5. The van der Waals surface area contributed by atoms with Crippen LogP contribution in [0.2, 0.25) is 5.02 Å². The van der Waals surface area contributed by atoms with Crippen molar-refractivity contribution in [3.63, 3.8) is 0 Å². The molecule has 0 aromatic heterocycles. The van der Waals surface area contributed by atoms with E-state index >= 15 is 0 Å². The molecule has 0 atom stereocenters. The second kappa shape index (κ2) is 9.01. The Hall–Kier alpha value is -2.38. The zero-order chi connectivity index (χ0) is 20.0. The van der Waals surface area contributed by atoms with Crippen LogP contribution in [0.1, 0.15) is 22.3 Å². The maximum Gasteiger partial charge on any atom is 0.307 e. The van der Waals surface area contributed by atoms with E-state index in [1.807, 2.05) is 6.92 Å². The van der Waals surface area contributed by atoms with Crippen LogP contribution in [0, 0.1) is 6.92 Å². The number of ketones is 1. The highest BCUT2D eigenvalue weighted by Crippen LogP contribution is 2.25. The van der Waals surface area contributed by atoms with Gasteiger partial charge in [0.25, 0.3) is 0 Å². The van der Waals surface area contributed by atoms with Gasteiger partial charge in [0, 0.05) is 5.56 Å². The highest BCUT2D eigenvalue weighted by molar-refractivity contribution is 7.91. The quantitative estimate of drug-likeness (QED) is 0.490. The molecule has 0 N–H and O–H groups in total. The van der Waals surface area contributed by atoms with E-state index in [1.165, 1.54) is 37.4 Å². The average molecular weight is 411 g/mol. The molecule has 2 aromatic rings. The molecule has 2 aromatic carbocycles. The van der Waals surface area contributed by atoms with Gasteiger partial charge in [0.15, 0.2) is 22.2 Å². The number of sulfone groups is 1. The number of benzene rings is 2. The van der Waals surface area contributed by atoms with Crippen molar-refractivity contribution in [2.24, 2.45) is 0 Å². The van der Waals surface area contributed by atoms with E-state index in [2.05, 4.69) is 0 Å². The number of hydrogen-bond acceptors (Lipinski definition) is 6. The predicted octanol–water partition coefficient (Wildman–Crippen LogP) is 3.25. The minimum absolute atomic E-state index is 0.143. The minimum Gasteiger partial charge on any atom is -0.495 e.